The van der Waals surface area contributed by atoms with Crippen molar-refractivity contribution in [2.75, 3.05) is 31.1 Å². The molecule has 0 spiro atoms. The van der Waals surface area contributed by atoms with E-state index in [1.165, 1.54) is 31.4 Å². The van der Waals surface area contributed by atoms with E-state index in [1.54, 1.807) is 6.07 Å². The fraction of sp³-hybridized carbons (Fsp3) is 0.522. The van der Waals surface area contributed by atoms with Gasteiger partial charge >= 0.3 is 0 Å². The summed E-state index contributed by atoms with van der Waals surface area (Å²) in [4.78, 5) is 17.7. The standard InChI is InChI=1S/C23H29N3O2/c1-16-22(17-9-13-25(16)14-10-17)24-23(27)21-8-7-20(28-21)18-5-4-6-19(15-18)26-11-2-3-12-26/h4-8,15-17,22H,2-3,9-14H2,1H3,(H,24,27). The summed E-state index contributed by atoms with van der Waals surface area (Å²) >= 11 is 0. The Balaban J connectivity index is 1.31. The predicted molar refractivity (Wildman–Crippen MR) is 111 cm³/mol. The molecule has 4 aliphatic heterocycles. The number of hydrogen-bond donors (Lipinski definition) is 1. The first-order valence-corrected chi connectivity index (χ1v) is 10.7. The summed E-state index contributed by atoms with van der Waals surface area (Å²) in [5.41, 5.74) is 2.26. The van der Waals surface area contributed by atoms with Crippen LogP contribution in [0.5, 0.6) is 0 Å². The molecule has 28 heavy (non-hydrogen) atoms. The van der Waals surface area contributed by atoms with Gasteiger partial charge in [-0.2, -0.15) is 0 Å². The second kappa shape index (κ2) is 7.28. The van der Waals surface area contributed by atoms with Crippen molar-refractivity contribution in [1.82, 2.24) is 10.2 Å². The molecule has 4 aliphatic rings. The maximum Gasteiger partial charge on any atom is 0.287 e. The summed E-state index contributed by atoms with van der Waals surface area (Å²) in [6.45, 7) is 6.79. The Labute approximate surface area is 166 Å². The van der Waals surface area contributed by atoms with Gasteiger partial charge in [-0.3, -0.25) is 9.69 Å². The number of anilines is 1. The summed E-state index contributed by atoms with van der Waals surface area (Å²) in [5.74, 6) is 1.67. The monoisotopic (exact) mass is 379 g/mol. The Bertz CT molecular complexity index is 845. The summed E-state index contributed by atoms with van der Waals surface area (Å²) < 4.78 is 5.96. The van der Waals surface area contributed by atoms with E-state index in [0.717, 1.165) is 37.5 Å². The van der Waals surface area contributed by atoms with Crippen LogP contribution in [0.1, 0.15) is 43.2 Å². The number of nitrogens with zero attached hydrogens (tertiary/aromatic N) is 2. The molecular formula is C23H29N3O2. The number of carbonyl (C=O) groups is 1. The molecule has 2 atom stereocenters. The van der Waals surface area contributed by atoms with Crippen LogP contribution in [0, 0.1) is 5.92 Å². The largest absolute Gasteiger partial charge is 0.451 e. The Morgan fingerprint density at radius 2 is 1.86 bits per heavy atom. The molecule has 1 N–H and O–H groups in total. The molecule has 0 saturated carbocycles. The molecular weight excluding hydrogens is 350 g/mol. The fourth-order valence-corrected chi connectivity index (χ4v) is 5.21. The maximum absolute atomic E-state index is 12.8. The average molecular weight is 380 g/mol. The number of amides is 1. The number of furan rings is 1. The highest BCUT2D eigenvalue weighted by molar-refractivity contribution is 5.92. The van der Waals surface area contributed by atoms with Crippen LogP contribution in [0.25, 0.3) is 11.3 Å². The van der Waals surface area contributed by atoms with Crippen LogP contribution < -0.4 is 10.2 Å². The van der Waals surface area contributed by atoms with Crippen LogP contribution in [-0.2, 0) is 0 Å². The van der Waals surface area contributed by atoms with Gasteiger partial charge < -0.3 is 14.6 Å². The lowest BCUT2D eigenvalue weighted by Crippen LogP contribution is -2.62. The molecule has 148 valence electrons. The SMILES string of the molecule is CC1C(NC(=O)c2ccc(-c3cccc(N4CCCC4)c3)o2)C2CCN1CC2. The first-order chi connectivity index (χ1) is 13.7. The second-order valence-electron chi connectivity index (χ2n) is 8.52. The number of benzene rings is 1. The molecule has 1 amide bonds. The maximum atomic E-state index is 12.8. The van der Waals surface area contributed by atoms with E-state index in [1.807, 2.05) is 6.07 Å². The van der Waals surface area contributed by atoms with Crippen molar-refractivity contribution in [2.45, 2.75) is 44.7 Å². The van der Waals surface area contributed by atoms with Crippen LogP contribution in [0.15, 0.2) is 40.8 Å². The minimum absolute atomic E-state index is 0.0902. The predicted octanol–water partition coefficient (Wildman–Crippen LogP) is 3.76. The first-order valence-electron chi connectivity index (χ1n) is 10.7. The van der Waals surface area contributed by atoms with Crippen molar-refractivity contribution in [3.63, 3.8) is 0 Å². The lowest BCUT2D eigenvalue weighted by atomic mass is 9.79. The van der Waals surface area contributed by atoms with Crippen LogP contribution in [-0.4, -0.2) is 49.1 Å². The highest BCUT2D eigenvalue weighted by atomic mass is 16.3. The van der Waals surface area contributed by atoms with E-state index in [4.69, 9.17) is 4.42 Å². The van der Waals surface area contributed by atoms with Gasteiger partial charge in [0.05, 0.1) is 0 Å². The van der Waals surface area contributed by atoms with Gasteiger partial charge in [0.25, 0.3) is 5.91 Å². The van der Waals surface area contributed by atoms with Gasteiger partial charge in [-0.15, -0.1) is 0 Å². The minimum atomic E-state index is -0.0902. The summed E-state index contributed by atoms with van der Waals surface area (Å²) in [6, 6.07) is 12.8. The third-order valence-electron chi connectivity index (χ3n) is 6.91. The van der Waals surface area contributed by atoms with Crippen LogP contribution in [0.3, 0.4) is 0 Å². The fourth-order valence-electron chi connectivity index (χ4n) is 5.21. The third-order valence-corrected chi connectivity index (χ3v) is 6.91. The Hall–Kier alpha value is -2.27. The van der Waals surface area contributed by atoms with Gasteiger partial charge in [0.2, 0.25) is 0 Å². The smallest absolute Gasteiger partial charge is 0.287 e. The molecule has 1 aromatic carbocycles. The second-order valence-corrected chi connectivity index (χ2v) is 8.52. The van der Waals surface area contributed by atoms with Crippen LogP contribution in [0.2, 0.25) is 0 Å². The van der Waals surface area contributed by atoms with Gasteiger partial charge in [-0.25, -0.2) is 0 Å². The van der Waals surface area contributed by atoms with Crippen molar-refractivity contribution in [1.29, 1.82) is 0 Å². The normalized spacial score (nSPS) is 29.2. The molecule has 2 bridgehead atoms. The molecule has 4 saturated heterocycles. The number of carbonyl (C=O) groups excluding carboxylic acids is 1. The highest BCUT2D eigenvalue weighted by Crippen LogP contribution is 2.33. The zero-order valence-corrected chi connectivity index (χ0v) is 16.6. The minimum Gasteiger partial charge on any atom is -0.451 e. The summed E-state index contributed by atoms with van der Waals surface area (Å²) in [7, 11) is 0. The van der Waals surface area contributed by atoms with Crippen molar-refractivity contribution >= 4 is 11.6 Å². The number of nitrogens with one attached hydrogen (secondary N) is 1. The third kappa shape index (κ3) is 3.22. The van der Waals surface area contributed by atoms with Gasteiger partial charge in [0, 0.05) is 36.4 Å². The van der Waals surface area contributed by atoms with Crippen LogP contribution in [0.4, 0.5) is 5.69 Å². The van der Waals surface area contributed by atoms with Crippen LogP contribution >= 0.6 is 0 Å². The molecule has 5 heterocycles. The molecule has 6 rings (SSSR count). The van der Waals surface area contributed by atoms with E-state index in [2.05, 4.69) is 46.3 Å². The molecule has 1 aromatic heterocycles. The number of fused-ring (bicyclic) bond motifs is 3. The van der Waals surface area contributed by atoms with E-state index in [-0.39, 0.29) is 11.9 Å². The number of piperidine rings is 3. The lowest BCUT2D eigenvalue weighted by Gasteiger charge is -2.49. The number of rotatable bonds is 4. The summed E-state index contributed by atoms with van der Waals surface area (Å²) in [5, 5.41) is 3.25. The average Bonchev–Trinajstić information content (AvgIpc) is 3.43. The molecule has 2 aromatic rings. The lowest BCUT2D eigenvalue weighted by molar-refractivity contribution is 0.0211. The summed E-state index contributed by atoms with van der Waals surface area (Å²) in [6.07, 6.45) is 4.88. The Kier molecular flexibility index (Phi) is 4.63. The molecule has 0 aliphatic carbocycles. The molecule has 2 unspecified atom stereocenters. The zero-order valence-electron chi connectivity index (χ0n) is 16.6. The molecule has 0 radical (unpaired) electrons. The zero-order chi connectivity index (χ0) is 19.1. The molecule has 5 heteroatoms. The van der Waals surface area contributed by atoms with Crippen molar-refractivity contribution in [2.24, 2.45) is 5.92 Å². The van der Waals surface area contributed by atoms with Gasteiger partial charge in [0.15, 0.2) is 5.76 Å². The van der Waals surface area contributed by atoms with Gasteiger partial charge in [0.1, 0.15) is 5.76 Å². The van der Waals surface area contributed by atoms with Crippen molar-refractivity contribution in [3.05, 3.63) is 42.2 Å². The first kappa shape index (κ1) is 17.8. The van der Waals surface area contributed by atoms with Gasteiger partial charge in [-0.05, 0) is 75.9 Å². The molecule has 5 nitrogen and oxygen atoms in total. The van der Waals surface area contributed by atoms with Crippen molar-refractivity contribution in [3.8, 4) is 11.3 Å². The van der Waals surface area contributed by atoms with E-state index >= 15 is 0 Å². The Morgan fingerprint density at radius 3 is 2.61 bits per heavy atom. The number of hydrogen-bond acceptors (Lipinski definition) is 4. The van der Waals surface area contributed by atoms with E-state index in [0.29, 0.717) is 17.7 Å². The highest BCUT2D eigenvalue weighted by Gasteiger charge is 2.40. The van der Waals surface area contributed by atoms with Crippen molar-refractivity contribution < 1.29 is 9.21 Å². The Morgan fingerprint density at radius 1 is 1.07 bits per heavy atom. The van der Waals surface area contributed by atoms with E-state index < -0.39 is 0 Å². The quantitative estimate of drug-likeness (QED) is 0.879. The van der Waals surface area contributed by atoms with Gasteiger partial charge in [-0.1, -0.05) is 12.1 Å². The topological polar surface area (TPSA) is 48.7 Å². The van der Waals surface area contributed by atoms with E-state index in [9.17, 15) is 4.79 Å². The molecule has 4 fully saturated rings.